The number of carboxylic acids is 1. The molecule has 1 unspecified atom stereocenters. The van der Waals surface area contributed by atoms with E-state index in [0.717, 1.165) is 0 Å². The van der Waals surface area contributed by atoms with Crippen molar-refractivity contribution in [2.45, 2.75) is 19.9 Å². The molecule has 0 aliphatic rings. The lowest BCUT2D eigenvalue weighted by molar-refractivity contribution is -0.141. The molecule has 22 heavy (non-hydrogen) atoms. The second-order valence-electron chi connectivity index (χ2n) is 4.62. The van der Waals surface area contributed by atoms with E-state index in [4.69, 9.17) is 16.7 Å². The molecule has 0 heterocycles. The molecule has 1 atom stereocenters. The molecule has 6 nitrogen and oxygen atoms in total. The summed E-state index contributed by atoms with van der Waals surface area (Å²) in [6.45, 7) is 3.02. The molecule has 8 heteroatoms. The minimum atomic E-state index is -1.12. The van der Waals surface area contributed by atoms with Crippen LogP contribution in [0.5, 0.6) is 0 Å². The number of halogens is 2. The minimum Gasteiger partial charge on any atom is -0.480 e. The zero-order valence-corrected chi connectivity index (χ0v) is 14.4. The van der Waals surface area contributed by atoms with E-state index < -0.39 is 17.9 Å². The summed E-state index contributed by atoms with van der Waals surface area (Å²) in [6.07, 6.45) is 0. The van der Waals surface area contributed by atoms with Gasteiger partial charge in [0, 0.05) is 29.5 Å². The molecule has 0 spiro atoms. The molecule has 0 radical (unpaired) electrons. The third kappa shape index (κ3) is 4.99. The molecule has 0 bridgehead atoms. The van der Waals surface area contributed by atoms with Gasteiger partial charge in [0.05, 0.1) is 5.56 Å². The fourth-order valence-corrected chi connectivity index (χ4v) is 2.63. The largest absolute Gasteiger partial charge is 0.480 e. The Morgan fingerprint density at radius 2 is 2.05 bits per heavy atom. The second kappa shape index (κ2) is 8.14. The van der Waals surface area contributed by atoms with E-state index in [9.17, 15) is 14.4 Å². The molecule has 2 N–H and O–H groups in total. The zero-order valence-electron chi connectivity index (χ0n) is 12.1. The van der Waals surface area contributed by atoms with Gasteiger partial charge in [-0.1, -0.05) is 11.6 Å². The van der Waals surface area contributed by atoms with Crippen LogP contribution in [0.1, 0.15) is 24.2 Å². The van der Waals surface area contributed by atoms with Crippen LogP contribution >= 0.6 is 27.5 Å². The Morgan fingerprint density at radius 3 is 2.55 bits per heavy atom. The molecule has 2 amide bonds. The molecule has 0 saturated heterocycles. The van der Waals surface area contributed by atoms with Crippen LogP contribution < -0.4 is 5.32 Å². The predicted octanol–water partition coefficient (Wildman–Crippen LogP) is 2.15. The van der Waals surface area contributed by atoms with Gasteiger partial charge in [0.15, 0.2) is 0 Å². The first-order valence-corrected chi connectivity index (χ1v) is 7.64. The van der Waals surface area contributed by atoms with Crippen LogP contribution in [0.25, 0.3) is 0 Å². The first kappa shape index (κ1) is 18.4. The first-order chi connectivity index (χ1) is 10.2. The number of hydrogen-bond acceptors (Lipinski definition) is 3. The van der Waals surface area contributed by atoms with Gasteiger partial charge < -0.3 is 15.3 Å². The third-order valence-electron chi connectivity index (χ3n) is 2.97. The van der Waals surface area contributed by atoms with Gasteiger partial charge in [0.25, 0.3) is 5.91 Å². The summed E-state index contributed by atoms with van der Waals surface area (Å²) >= 11 is 9.08. The number of carbonyl (C=O) groups is 3. The van der Waals surface area contributed by atoms with E-state index in [2.05, 4.69) is 21.2 Å². The lowest BCUT2D eigenvalue weighted by atomic mass is 10.1. The standard InChI is InChI=1S/C14H16BrClN2O4/c1-8(14(21)22)18(6-5-17-9(2)19)13(20)11-4-3-10(16)7-12(11)15/h3-4,7-8H,5-6H2,1-2H3,(H,17,19)(H,21,22). The summed E-state index contributed by atoms with van der Waals surface area (Å²) in [5.74, 6) is -1.83. The molecule has 0 fully saturated rings. The number of nitrogens with one attached hydrogen (secondary N) is 1. The van der Waals surface area contributed by atoms with Crippen molar-refractivity contribution in [1.29, 1.82) is 0 Å². The molecule has 0 aliphatic heterocycles. The van der Waals surface area contributed by atoms with E-state index in [-0.39, 0.29) is 19.0 Å². The van der Waals surface area contributed by atoms with Crippen LogP contribution in [0.2, 0.25) is 5.02 Å². The fraction of sp³-hybridized carbons (Fsp3) is 0.357. The van der Waals surface area contributed by atoms with Crippen LogP contribution in [-0.2, 0) is 9.59 Å². The molecular formula is C14H16BrClN2O4. The Hall–Kier alpha value is -1.60. The SMILES string of the molecule is CC(=O)NCCN(C(=O)c1ccc(Cl)cc1Br)C(C)C(=O)O. The number of aliphatic carboxylic acids is 1. The average Bonchev–Trinajstić information content (AvgIpc) is 2.42. The number of carbonyl (C=O) groups excluding carboxylic acids is 2. The predicted molar refractivity (Wildman–Crippen MR) is 86.0 cm³/mol. The monoisotopic (exact) mass is 390 g/mol. The van der Waals surface area contributed by atoms with Gasteiger partial charge >= 0.3 is 5.97 Å². The molecule has 1 aromatic rings. The van der Waals surface area contributed by atoms with Gasteiger partial charge in [-0.05, 0) is 41.1 Å². The van der Waals surface area contributed by atoms with Crippen molar-refractivity contribution in [3.8, 4) is 0 Å². The number of amides is 2. The highest BCUT2D eigenvalue weighted by atomic mass is 79.9. The maximum atomic E-state index is 12.6. The molecule has 0 saturated carbocycles. The van der Waals surface area contributed by atoms with Crippen molar-refractivity contribution in [2.75, 3.05) is 13.1 Å². The maximum absolute atomic E-state index is 12.6. The lowest BCUT2D eigenvalue weighted by Gasteiger charge is -2.27. The number of hydrogen-bond donors (Lipinski definition) is 2. The first-order valence-electron chi connectivity index (χ1n) is 6.47. The Morgan fingerprint density at radius 1 is 1.41 bits per heavy atom. The number of nitrogens with zero attached hydrogens (tertiary/aromatic N) is 1. The second-order valence-corrected chi connectivity index (χ2v) is 5.91. The van der Waals surface area contributed by atoms with Gasteiger partial charge in [-0.2, -0.15) is 0 Å². The van der Waals surface area contributed by atoms with Gasteiger partial charge in [0.1, 0.15) is 6.04 Å². The summed E-state index contributed by atoms with van der Waals surface area (Å²) in [7, 11) is 0. The van der Waals surface area contributed by atoms with E-state index in [1.54, 1.807) is 12.1 Å². The molecule has 120 valence electrons. The molecule has 0 aliphatic carbocycles. The Balaban J connectivity index is 3.00. The van der Waals surface area contributed by atoms with Crippen LogP contribution in [0.3, 0.4) is 0 Å². The average molecular weight is 392 g/mol. The third-order valence-corrected chi connectivity index (χ3v) is 3.87. The van der Waals surface area contributed by atoms with Gasteiger partial charge in [0.2, 0.25) is 5.91 Å². The highest BCUT2D eigenvalue weighted by Gasteiger charge is 2.27. The topological polar surface area (TPSA) is 86.7 Å². The highest BCUT2D eigenvalue weighted by Crippen LogP contribution is 2.23. The minimum absolute atomic E-state index is 0.0843. The Bertz CT molecular complexity index is 594. The summed E-state index contributed by atoms with van der Waals surface area (Å²) in [5.41, 5.74) is 0.306. The van der Waals surface area contributed by atoms with Crippen molar-refractivity contribution in [1.82, 2.24) is 10.2 Å². The van der Waals surface area contributed by atoms with E-state index in [1.165, 1.54) is 24.8 Å². The van der Waals surface area contributed by atoms with Crippen LogP contribution in [0, 0.1) is 0 Å². The Labute approximate surface area is 141 Å². The molecule has 1 aromatic carbocycles. The maximum Gasteiger partial charge on any atom is 0.326 e. The quantitative estimate of drug-likeness (QED) is 0.778. The van der Waals surface area contributed by atoms with Crippen LogP contribution in [-0.4, -0.2) is 46.9 Å². The number of carboxylic acid groups (broad SMARTS) is 1. The van der Waals surface area contributed by atoms with Crippen molar-refractivity contribution in [2.24, 2.45) is 0 Å². The summed E-state index contributed by atoms with van der Waals surface area (Å²) in [4.78, 5) is 35.9. The summed E-state index contributed by atoms with van der Waals surface area (Å²) in [5, 5.41) is 12.2. The van der Waals surface area contributed by atoms with E-state index in [0.29, 0.717) is 15.1 Å². The van der Waals surface area contributed by atoms with E-state index >= 15 is 0 Å². The normalized spacial score (nSPS) is 11.6. The number of rotatable bonds is 6. The van der Waals surface area contributed by atoms with Crippen molar-refractivity contribution >= 4 is 45.3 Å². The molecular weight excluding hydrogens is 376 g/mol. The highest BCUT2D eigenvalue weighted by molar-refractivity contribution is 9.10. The van der Waals surface area contributed by atoms with Gasteiger partial charge in [-0.15, -0.1) is 0 Å². The summed E-state index contributed by atoms with van der Waals surface area (Å²) < 4.78 is 0.479. The summed E-state index contributed by atoms with van der Waals surface area (Å²) in [6, 6.07) is 3.61. The van der Waals surface area contributed by atoms with Gasteiger partial charge in [-0.3, -0.25) is 9.59 Å². The fourth-order valence-electron chi connectivity index (χ4n) is 1.77. The molecule has 0 aromatic heterocycles. The van der Waals surface area contributed by atoms with Crippen molar-refractivity contribution in [3.05, 3.63) is 33.3 Å². The van der Waals surface area contributed by atoms with Crippen LogP contribution in [0.4, 0.5) is 0 Å². The van der Waals surface area contributed by atoms with Crippen molar-refractivity contribution in [3.63, 3.8) is 0 Å². The van der Waals surface area contributed by atoms with Crippen LogP contribution in [0.15, 0.2) is 22.7 Å². The zero-order chi connectivity index (χ0) is 16.9. The lowest BCUT2D eigenvalue weighted by Crippen LogP contribution is -2.46. The Kier molecular flexibility index (Phi) is 6.83. The number of benzene rings is 1. The molecule has 1 rings (SSSR count). The van der Waals surface area contributed by atoms with Gasteiger partial charge in [-0.25, -0.2) is 4.79 Å². The van der Waals surface area contributed by atoms with Crippen molar-refractivity contribution < 1.29 is 19.5 Å². The smallest absolute Gasteiger partial charge is 0.326 e. The van der Waals surface area contributed by atoms with E-state index in [1.807, 2.05) is 0 Å².